The smallest absolute Gasteiger partial charge is 0.305 e. The summed E-state index contributed by atoms with van der Waals surface area (Å²) in [6.07, 6.45) is 1.69. The number of nitrogens with zero attached hydrogens (tertiary/aromatic N) is 1. The number of ether oxygens (including phenoxy) is 4. The maximum Gasteiger partial charge on any atom is 0.305 e. The molecule has 2 rings (SSSR count). The van der Waals surface area contributed by atoms with Crippen molar-refractivity contribution in [2.75, 3.05) is 53.4 Å². The third-order valence-corrected chi connectivity index (χ3v) is 4.56. The van der Waals surface area contributed by atoms with E-state index in [0.717, 1.165) is 6.42 Å². The number of methoxy groups -OCH3 is 3. The Morgan fingerprint density at radius 1 is 1.19 bits per heavy atom. The van der Waals surface area contributed by atoms with Gasteiger partial charge in [0.2, 0.25) is 0 Å². The first-order chi connectivity index (χ1) is 13.0. The van der Waals surface area contributed by atoms with Crippen LogP contribution in [-0.4, -0.2) is 71.0 Å². The van der Waals surface area contributed by atoms with Crippen molar-refractivity contribution in [1.82, 2.24) is 4.90 Å². The summed E-state index contributed by atoms with van der Waals surface area (Å²) < 4.78 is 21.0. The molecule has 0 aliphatic carbocycles. The van der Waals surface area contributed by atoms with E-state index >= 15 is 0 Å². The minimum atomic E-state index is -0.241. The number of rotatable bonds is 9. The number of amides is 1. The number of carbonyl (C=O) groups is 2. The molecule has 0 bridgehead atoms. The molecule has 8 nitrogen and oxygen atoms in total. The number of esters is 1. The molecule has 150 valence electrons. The van der Waals surface area contributed by atoms with Crippen molar-refractivity contribution in [3.8, 4) is 11.5 Å². The maximum absolute atomic E-state index is 13.0. The number of nitrogens with one attached hydrogen (secondary N) is 1. The Kier molecular flexibility index (Phi) is 7.72. The van der Waals surface area contributed by atoms with Gasteiger partial charge in [-0.2, -0.15) is 0 Å². The second-order valence-electron chi connectivity index (χ2n) is 6.22. The molecule has 0 aromatic heterocycles. The Hall–Kier alpha value is -2.48. The van der Waals surface area contributed by atoms with E-state index in [1.54, 1.807) is 38.3 Å². The molecule has 1 aliphatic heterocycles. The fourth-order valence-electron chi connectivity index (χ4n) is 3.05. The first-order valence-corrected chi connectivity index (χ1v) is 8.95. The van der Waals surface area contributed by atoms with Gasteiger partial charge in [-0.3, -0.25) is 9.59 Å². The largest absolute Gasteiger partial charge is 0.493 e. The van der Waals surface area contributed by atoms with E-state index in [0.29, 0.717) is 55.3 Å². The lowest BCUT2D eigenvalue weighted by atomic mass is 10.1. The predicted molar refractivity (Wildman–Crippen MR) is 101 cm³/mol. The lowest BCUT2D eigenvalue weighted by Gasteiger charge is -2.20. The Morgan fingerprint density at radius 2 is 1.89 bits per heavy atom. The van der Waals surface area contributed by atoms with Crippen molar-refractivity contribution < 1.29 is 28.5 Å². The fourth-order valence-corrected chi connectivity index (χ4v) is 3.05. The summed E-state index contributed by atoms with van der Waals surface area (Å²) >= 11 is 0. The Morgan fingerprint density at radius 3 is 2.52 bits per heavy atom. The average molecular weight is 380 g/mol. The van der Waals surface area contributed by atoms with E-state index in [9.17, 15) is 9.59 Å². The van der Waals surface area contributed by atoms with Gasteiger partial charge in [-0.1, -0.05) is 0 Å². The van der Waals surface area contributed by atoms with Crippen molar-refractivity contribution in [3.63, 3.8) is 0 Å². The molecule has 1 aromatic carbocycles. The van der Waals surface area contributed by atoms with Crippen LogP contribution in [0.4, 0.5) is 5.69 Å². The van der Waals surface area contributed by atoms with Gasteiger partial charge >= 0.3 is 5.97 Å². The molecule has 1 saturated heterocycles. The van der Waals surface area contributed by atoms with Gasteiger partial charge in [-0.05, 0) is 18.9 Å². The number of carbonyl (C=O) groups excluding carboxylic acids is 2. The fraction of sp³-hybridized carbons (Fsp3) is 0.579. The second-order valence-corrected chi connectivity index (χ2v) is 6.22. The zero-order chi connectivity index (χ0) is 19.8. The summed E-state index contributed by atoms with van der Waals surface area (Å²) in [7, 11) is 6.23. The molecular weight excluding hydrogens is 352 g/mol. The third-order valence-electron chi connectivity index (χ3n) is 4.56. The number of hydrogen-bond acceptors (Lipinski definition) is 7. The standard InChI is InChI=1S/C19H28N2O6/c1-20-15-11-17(25-3)16(24-2)10-14(15)19(23)21-8-7-13(12-21)27-9-5-6-18(22)26-4/h10-11,13,20H,5-9,12H2,1-4H3/t13-/m0/s1. The average Bonchev–Trinajstić information content (AvgIpc) is 3.18. The van der Waals surface area contributed by atoms with Crippen LogP contribution in [0.25, 0.3) is 0 Å². The highest BCUT2D eigenvalue weighted by Gasteiger charge is 2.29. The Balaban J connectivity index is 1.97. The molecule has 8 heteroatoms. The summed E-state index contributed by atoms with van der Waals surface area (Å²) in [6.45, 7) is 1.62. The number of hydrogen-bond donors (Lipinski definition) is 1. The molecule has 0 radical (unpaired) electrons. The molecule has 0 unspecified atom stereocenters. The molecule has 1 N–H and O–H groups in total. The van der Waals surface area contributed by atoms with E-state index < -0.39 is 0 Å². The van der Waals surface area contributed by atoms with Crippen LogP contribution < -0.4 is 14.8 Å². The zero-order valence-corrected chi connectivity index (χ0v) is 16.4. The van der Waals surface area contributed by atoms with Gasteiger partial charge in [0.15, 0.2) is 11.5 Å². The predicted octanol–water partition coefficient (Wildman–Crippen LogP) is 1.93. The SMILES string of the molecule is CNc1cc(OC)c(OC)cc1C(=O)N1CC[C@H](OCCCC(=O)OC)C1. The molecule has 27 heavy (non-hydrogen) atoms. The molecule has 1 atom stereocenters. The Bertz CT molecular complexity index is 664. The van der Waals surface area contributed by atoms with Crippen LogP contribution in [-0.2, 0) is 14.3 Å². The maximum atomic E-state index is 13.0. The first kappa shape index (κ1) is 20.8. The topological polar surface area (TPSA) is 86.3 Å². The van der Waals surface area contributed by atoms with Crippen LogP contribution in [0.15, 0.2) is 12.1 Å². The van der Waals surface area contributed by atoms with Crippen LogP contribution in [0.3, 0.4) is 0 Å². The van der Waals surface area contributed by atoms with Gasteiger partial charge in [-0.25, -0.2) is 0 Å². The highest BCUT2D eigenvalue weighted by Crippen LogP contribution is 2.34. The summed E-state index contributed by atoms with van der Waals surface area (Å²) in [5, 5.41) is 3.04. The first-order valence-electron chi connectivity index (χ1n) is 8.95. The van der Waals surface area contributed by atoms with Gasteiger partial charge in [0.25, 0.3) is 5.91 Å². The number of likely N-dealkylation sites (tertiary alicyclic amines) is 1. The van der Waals surface area contributed by atoms with Crippen LogP contribution in [0.5, 0.6) is 11.5 Å². The third kappa shape index (κ3) is 5.26. The summed E-state index contributed by atoms with van der Waals surface area (Å²) in [4.78, 5) is 25.9. The molecule has 1 heterocycles. The molecule has 1 fully saturated rings. The number of benzene rings is 1. The van der Waals surface area contributed by atoms with E-state index in [1.165, 1.54) is 7.11 Å². The molecule has 1 aliphatic rings. The summed E-state index contributed by atoms with van der Waals surface area (Å²) in [6, 6.07) is 3.44. The molecule has 1 amide bonds. The number of anilines is 1. The van der Waals surface area contributed by atoms with Crippen LogP contribution in [0, 0.1) is 0 Å². The minimum absolute atomic E-state index is 0.0234. The van der Waals surface area contributed by atoms with Gasteiger partial charge in [0.05, 0.1) is 38.7 Å². The monoisotopic (exact) mass is 380 g/mol. The van der Waals surface area contributed by atoms with Crippen molar-refractivity contribution >= 4 is 17.6 Å². The van der Waals surface area contributed by atoms with Crippen molar-refractivity contribution in [2.45, 2.75) is 25.4 Å². The van der Waals surface area contributed by atoms with Gasteiger partial charge in [-0.15, -0.1) is 0 Å². The van der Waals surface area contributed by atoms with E-state index in [4.69, 9.17) is 14.2 Å². The molecule has 1 aromatic rings. The van der Waals surface area contributed by atoms with Crippen LogP contribution >= 0.6 is 0 Å². The van der Waals surface area contributed by atoms with Crippen LogP contribution in [0.1, 0.15) is 29.6 Å². The minimum Gasteiger partial charge on any atom is -0.493 e. The van der Waals surface area contributed by atoms with Crippen molar-refractivity contribution in [1.29, 1.82) is 0 Å². The van der Waals surface area contributed by atoms with Gasteiger partial charge in [0, 0.05) is 39.2 Å². The molecular formula is C19H28N2O6. The van der Waals surface area contributed by atoms with E-state index in [-0.39, 0.29) is 18.0 Å². The highest BCUT2D eigenvalue weighted by molar-refractivity contribution is 6.00. The Labute approximate surface area is 159 Å². The summed E-state index contributed by atoms with van der Waals surface area (Å²) in [5.74, 6) is 0.747. The van der Waals surface area contributed by atoms with Gasteiger partial charge < -0.3 is 29.2 Å². The molecule has 0 spiro atoms. The van der Waals surface area contributed by atoms with Gasteiger partial charge in [0.1, 0.15) is 0 Å². The van der Waals surface area contributed by atoms with E-state index in [2.05, 4.69) is 10.1 Å². The normalized spacial score (nSPS) is 16.1. The van der Waals surface area contributed by atoms with Crippen molar-refractivity contribution in [3.05, 3.63) is 17.7 Å². The van der Waals surface area contributed by atoms with E-state index in [1.807, 2.05) is 0 Å². The lowest BCUT2D eigenvalue weighted by molar-refractivity contribution is -0.141. The van der Waals surface area contributed by atoms with Crippen LogP contribution in [0.2, 0.25) is 0 Å². The summed E-state index contributed by atoms with van der Waals surface area (Å²) in [5.41, 5.74) is 1.21. The lowest BCUT2D eigenvalue weighted by Crippen LogP contribution is -2.30. The quantitative estimate of drug-likeness (QED) is 0.517. The second kappa shape index (κ2) is 10.0. The van der Waals surface area contributed by atoms with Crippen molar-refractivity contribution in [2.24, 2.45) is 0 Å². The molecule has 0 saturated carbocycles. The zero-order valence-electron chi connectivity index (χ0n) is 16.4. The highest BCUT2D eigenvalue weighted by atomic mass is 16.5.